The van der Waals surface area contributed by atoms with E-state index in [0.717, 1.165) is 16.7 Å². The lowest BCUT2D eigenvalue weighted by molar-refractivity contribution is -0.133. The Hall–Kier alpha value is -3.07. The maximum atomic E-state index is 13.2. The van der Waals surface area contributed by atoms with Gasteiger partial charge in [-0.1, -0.05) is 63.2 Å². The third kappa shape index (κ3) is 6.33. The molecule has 1 heterocycles. The van der Waals surface area contributed by atoms with Crippen LogP contribution in [0.5, 0.6) is 0 Å². The van der Waals surface area contributed by atoms with E-state index in [1.54, 1.807) is 6.07 Å². The zero-order valence-corrected chi connectivity index (χ0v) is 20.4. The summed E-state index contributed by atoms with van der Waals surface area (Å²) in [4.78, 5) is 39.0. The van der Waals surface area contributed by atoms with Crippen molar-refractivity contribution in [2.24, 2.45) is 5.92 Å². The van der Waals surface area contributed by atoms with Crippen molar-refractivity contribution in [2.45, 2.75) is 51.3 Å². The molecule has 3 atom stereocenters. The van der Waals surface area contributed by atoms with E-state index in [1.807, 2.05) is 63.2 Å². The van der Waals surface area contributed by atoms with Crippen molar-refractivity contribution in [3.63, 3.8) is 0 Å². The zero-order chi connectivity index (χ0) is 25.6. The van der Waals surface area contributed by atoms with Crippen molar-refractivity contribution in [3.05, 3.63) is 59.7 Å². The number of Topliss-reactive ketones (excluding diaryl/α,β-unsaturated/α-hetero) is 1. The van der Waals surface area contributed by atoms with Crippen LogP contribution in [0.25, 0.3) is 11.1 Å². The molecular formula is C27H34N2O6. The molecule has 0 aromatic heterocycles. The number of hydrogen-bond donors (Lipinski definition) is 4. The molecule has 8 nitrogen and oxygen atoms in total. The number of aliphatic hydroxyl groups is 2. The normalized spacial score (nSPS) is 18.6. The second-order valence-electron chi connectivity index (χ2n) is 9.30. The molecule has 2 amide bonds. The van der Waals surface area contributed by atoms with E-state index in [2.05, 4.69) is 10.6 Å². The van der Waals surface area contributed by atoms with Gasteiger partial charge in [-0.3, -0.25) is 14.4 Å². The Labute approximate surface area is 205 Å². The Kier molecular flexibility index (Phi) is 8.77. The topological polar surface area (TPSA) is 128 Å². The largest absolute Gasteiger partial charge is 0.394 e. The van der Waals surface area contributed by atoms with Gasteiger partial charge < -0.3 is 25.6 Å². The molecule has 2 aromatic rings. The number of ketones is 1. The van der Waals surface area contributed by atoms with Crippen LogP contribution in [0.2, 0.25) is 0 Å². The first-order valence-electron chi connectivity index (χ1n) is 11.9. The van der Waals surface area contributed by atoms with Gasteiger partial charge in [0.2, 0.25) is 5.91 Å². The van der Waals surface area contributed by atoms with Crippen LogP contribution in [-0.4, -0.2) is 65.3 Å². The minimum absolute atomic E-state index is 0.0775. The SMILES string of the molecule is CCc1ccc(-c2ccccc2)cc1C(=O)N[C@@H](CO)C(=O)N[C@@H](CC(C)C)C(=O)[C@@]1(CO)CO1. The van der Waals surface area contributed by atoms with Gasteiger partial charge in [0.15, 0.2) is 11.4 Å². The third-order valence-corrected chi connectivity index (χ3v) is 6.18. The van der Waals surface area contributed by atoms with Crippen molar-refractivity contribution >= 4 is 17.6 Å². The molecule has 1 saturated heterocycles. The van der Waals surface area contributed by atoms with E-state index in [-0.39, 0.29) is 12.5 Å². The average molecular weight is 483 g/mol. The number of aryl methyl sites for hydroxylation is 1. The predicted molar refractivity (Wildman–Crippen MR) is 132 cm³/mol. The fourth-order valence-electron chi connectivity index (χ4n) is 4.03. The molecule has 0 bridgehead atoms. The number of epoxide rings is 1. The standard InChI is InChI=1S/C27H34N2O6/c1-4-18-10-11-20(19-8-6-5-7-9-19)13-21(18)25(33)29-23(14-30)26(34)28-22(12-17(2)3)24(32)27(15-31)16-35-27/h5-11,13,17,22-23,30-31H,4,12,14-16H2,1-3H3,(H,28,34)(H,29,33)/t22-,23-,27+/m0/s1. The van der Waals surface area contributed by atoms with Gasteiger partial charge in [0, 0.05) is 5.56 Å². The molecule has 188 valence electrons. The van der Waals surface area contributed by atoms with Gasteiger partial charge in [-0.2, -0.15) is 0 Å². The molecule has 4 N–H and O–H groups in total. The Morgan fingerprint density at radius 2 is 1.69 bits per heavy atom. The first-order chi connectivity index (χ1) is 16.7. The van der Waals surface area contributed by atoms with Crippen molar-refractivity contribution in [1.82, 2.24) is 10.6 Å². The molecule has 1 aliphatic heterocycles. The van der Waals surface area contributed by atoms with Crippen LogP contribution in [0.15, 0.2) is 48.5 Å². The lowest BCUT2D eigenvalue weighted by atomic mass is 9.92. The number of amides is 2. The fourth-order valence-corrected chi connectivity index (χ4v) is 4.03. The van der Waals surface area contributed by atoms with E-state index in [4.69, 9.17) is 4.74 Å². The van der Waals surface area contributed by atoms with E-state index in [0.29, 0.717) is 18.4 Å². The van der Waals surface area contributed by atoms with Crippen molar-refractivity contribution in [1.29, 1.82) is 0 Å². The van der Waals surface area contributed by atoms with Gasteiger partial charge in [-0.15, -0.1) is 0 Å². The molecule has 0 spiro atoms. The minimum atomic E-state index is -1.28. The number of carbonyl (C=O) groups is 3. The minimum Gasteiger partial charge on any atom is -0.394 e. The van der Waals surface area contributed by atoms with Crippen LogP contribution in [0, 0.1) is 5.92 Å². The van der Waals surface area contributed by atoms with Gasteiger partial charge in [0.25, 0.3) is 5.91 Å². The fraction of sp³-hybridized carbons (Fsp3) is 0.444. The lowest BCUT2D eigenvalue weighted by Crippen LogP contribution is -2.55. The quantitative estimate of drug-likeness (QED) is 0.342. The summed E-state index contributed by atoms with van der Waals surface area (Å²) >= 11 is 0. The van der Waals surface area contributed by atoms with E-state index < -0.39 is 48.5 Å². The molecule has 3 rings (SSSR count). The Morgan fingerprint density at radius 3 is 2.23 bits per heavy atom. The van der Waals surface area contributed by atoms with Crippen LogP contribution >= 0.6 is 0 Å². The summed E-state index contributed by atoms with van der Waals surface area (Å²) < 4.78 is 5.16. The molecule has 0 unspecified atom stereocenters. The lowest BCUT2D eigenvalue weighted by Gasteiger charge is -2.25. The number of aliphatic hydroxyl groups excluding tert-OH is 2. The summed E-state index contributed by atoms with van der Waals surface area (Å²) in [7, 11) is 0. The van der Waals surface area contributed by atoms with Gasteiger partial charge in [-0.05, 0) is 41.5 Å². The summed E-state index contributed by atoms with van der Waals surface area (Å²) in [5.74, 6) is -1.49. The number of nitrogens with one attached hydrogen (secondary N) is 2. The number of rotatable bonds is 12. The summed E-state index contributed by atoms with van der Waals surface area (Å²) in [5.41, 5.74) is 1.76. The van der Waals surface area contributed by atoms with Crippen LogP contribution < -0.4 is 10.6 Å². The highest BCUT2D eigenvalue weighted by Gasteiger charge is 2.54. The molecule has 2 aromatic carbocycles. The summed E-state index contributed by atoms with van der Waals surface area (Å²) in [6.45, 7) is 4.75. The molecule has 0 radical (unpaired) electrons. The monoisotopic (exact) mass is 482 g/mol. The average Bonchev–Trinajstić information content (AvgIpc) is 3.67. The summed E-state index contributed by atoms with van der Waals surface area (Å²) in [5, 5.41) is 24.7. The highest BCUT2D eigenvalue weighted by Crippen LogP contribution is 2.30. The molecule has 35 heavy (non-hydrogen) atoms. The zero-order valence-electron chi connectivity index (χ0n) is 20.4. The van der Waals surface area contributed by atoms with Crippen molar-refractivity contribution < 1.29 is 29.3 Å². The highest BCUT2D eigenvalue weighted by atomic mass is 16.6. The number of hydrogen-bond acceptors (Lipinski definition) is 6. The van der Waals surface area contributed by atoms with Gasteiger partial charge >= 0.3 is 0 Å². The number of ether oxygens (including phenoxy) is 1. The van der Waals surface area contributed by atoms with Crippen LogP contribution in [0.3, 0.4) is 0 Å². The van der Waals surface area contributed by atoms with Crippen molar-refractivity contribution in [3.8, 4) is 11.1 Å². The highest BCUT2D eigenvalue weighted by molar-refractivity contribution is 6.01. The molecule has 0 saturated carbocycles. The molecule has 0 aliphatic carbocycles. The predicted octanol–water partition coefficient (Wildman–Crippen LogP) is 1.87. The first kappa shape index (κ1) is 26.5. The van der Waals surface area contributed by atoms with Crippen LogP contribution in [0.4, 0.5) is 0 Å². The van der Waals surface area contributed by atoms with Gasteiger partial charge in [0.05, 0.1) is 25.9 Å². The molecule has 8 heteroatoms. The first-order valence-corrected chi connectivity index (χ1v) is 11.9. The van der Waals surface area contributed by atoms with E-state index >= 15 is 0 Å². The molecule has 1 fully saturated rings. The van der Waals surface area contributed by atoms with Crippen LogP contribution in [0.1, 0.15) is 43.1 Å². The van der Waals surface area contributed by atoms with Gasteiger partial charge in [-0.25, -0.2) is 0 Å². The summed E-state index contributed by atoms with van der Waals surface area (Å²) in [6, 6.07) is 13.1. The van der Waals surface area contributed by atoms with Crippen LogP contribution in [-0.2, 0) is 20.7 Å². The Morgan fingerprint density at radius 1 is 1.00 bits per heavy atom. The molecule has 1 aliphatic rings. The Balaban J connectivity index is 1.77. The second-order valence-corrected chi connectivity index (χ2v) is 9.30. The maximum Gasteiger partial charge on any atom is 0.252 e. The van der Waals surface area contributed by atoms with E-state index in [1.165, 1.54) is 0 Å². The number of carbonyl (C=O) groups excluding carboxylic acids is 3. The Bertz CT molecular complexity index is 1050. The maximum absolute atomic E-state index is 13.2. The third-order valence-electron chi connectivity index (χ3n) is 6.18. The molecular weight excluding hydrogens is 448 g/mol. The van der Waals surface area contributed by atoms with Crippen molar-refractivity contribution in [2.75, 3.05) is 19.8 Å². The summed E-state index contributed by atoms with van der Waals surface area (Å²) in [6.07, 6.45) is 0.947. The number of benzene rings is 2. The van der Waals surface area contributed by atoms with E-state index in [9.17, 15) is 24.6 Å². The smallest absolute Gasteiger partial charge is 0.252 e. The second kappa shape index (κ2) is 11.6. The van der Waals surface area contributed by atoms with Gasteiger partial charge in [0.1, 0.15) is 6.04 Å².